The number of nitro benzene ring substituents is 2. The van der Waals surface area contributed by atoms with Crippen LogP contribution in [0.15, 0.2) is 135 Å². The monoisotopic (exact) mass is 876 g/mol. The summed E-state index contributed by atoms with van der Waals surface area (Å²) in [5.74, 6) is -2.76. The molecule has 295 valence electrons. The van der Waals surface area contributed by atoms with E-state index in [1.807, 2.05) is 0 Å². The van der Waals surface area contributed by atoms with Crippen LogP contribution in [0.2, 0.25) is 0 Å². The predicted molar refractivity (Wildman–Crippen MR) is 201 cm³/mol. The molecule has 0 saturated carbocycles. The Morgan fingerprint density at radius 1 is 0.617 bits per heavy atom. The number of nitro groups is 2. The fourth-order valence-electron chi connectivity index (χ4n) is 5.74. The standard InChI is InChI=1S/C20H13N3O7S.C18H14N4O5.Cr.Na/c24-16-8-5-11-3-1-2-4-13(11)19(16)21-22-20-14-7-6-12(23(26)27)9-15(14)18(10-17(20)25)31(28,29)30;1-10(23)19-13-4-2-3-11-5-7-16(25)18(17(11)13)21-20-14-9-12(22(26)27)6-8-15(14)24;;/h1-10,24-25H,(H,28,29,30);2-9,24-25H,1H3,(H,19,23);;/q;;+3;+1/p-4. The molecule has 0 heterocycles. The van der Waals surface area contributed by atoms with Crippen molar-refractivity contribution in [2.24, 2.45) is 20.5 Å². The van der Waals surface area contributed by atoms with E-state index in [4.69, 9.17) is 0 Å². The maximum absolute atomic E-state index is 12.5. The Morgan fingerprint density at radius 3 is 1.82 bits per heavy atom. The summed E-state index contributed by atoms with van der Waals surface area (Å²) in [5, 5.41) is 90.6. The molecule has 22 heteroatoms. The third-order valence-electron chi connectivity index (χ3n) is 8.32. The third-order valence-corrected chi connectivity index (χ3v) is 9.19. The van der Waals surface area contributed by atoms with Crippen molar-refractivity contribution in [2.45, 2.75) is 11.8 Å². The van der Waals surface area contributed by atoms with Gasteiger partial charge in [-0.2, -0.15) is 20.5 Å². The average Bonchev–Trinajstić information content (AvgIpc) is 3.17. The first kappa shape index (κ1) is 46.1. The van der Waals surface area contributed by atoms with Crippen molar-refractivity contribution in [1.29, 1.82) is 0 Å². The van der Waals surface area contributed by atoms with Gasteiger partial charge in [-0.1, -0.05) is 89.7 Å². The molecule has 1 amide bonds. The van der Waals surface area contributed by atoms with E-state index in [0.717, 1.165) is 36.4 Å². The molecule has 7 aromatic carbocycles. The number of azo groups is 2. The number of carbonyl (C=O) groups is 1. The van der Waals surface area contributed by atoms with Crippen molar-refractivity contribution in [2.75, 3.05) is 5.32 Å². The Bertz CT molecular complexity index is 3030. The first-order valence-corrected chi connectivity index (χ1v) is 17.8. The molecule has 60 heavy (non-hydrogen) atoms. The van der Waals surface area contributed by atoms with Crippen molar-refractivity contribution >= 4 is 88.2 Å². The van der Waals surface area contributed by atoms with Crippen LogP contribution in [-0.2, 0) is 32.3 Å². The second-order valence-corrected chi connectivity index (χ2v) is 13.5. The summed E-state index contributed by atoms with van der Waals surface area (Å²) >= 11 is 0. The topological polar surface area (TPSA) is 314 Å². The second-order valence-electron chi connectivity index (χ2n) is 12.1. The minimum Gasteiger partial charge on any atom is -0.871 e. The molecule has 19 nitrogen and oxygen atoms in total. The number of amides is 1. The Morgan fingerprint density at radius 2 is 1.17 bits per heavy atom. The summed E-state index contributed by atoms with van der Waals surface area (Å²) in [5.41, 5.74) is -1.16. The molecule has 0 atom stereocenters. The van der Waals surface area contributed by atoms with Gasteiger partial charge < -0.3 is 30.3 Å². The number of hydrogen-bond acceptors (Lipinski definition) is 16. The molecule has 0 unspecified atom stereocenters. The molecule has 1 N–H and O–H groups in total. The summed E-state index contributed by atoms with van der Waals surface area (Å²) in [7, 11) is -5.11. The molecular formula is C38H23CrN7NaO12S. The Hall–Kier alpha value is -6.57. The van der Waals surface area contributed by atoms with Crippen LogP contribution >= 0.6 is 0 Å². The Kier molecular flexibility index (Phi) is 14.6. The number of fused-ring (bicyclic) bond motifs is 3. The van der Waals surface area contributed by atoms with E-state index in [2.05, 4.69) is 25.8 Å². The molecule has 0 saturated heterocycles. The fraction of sp³-hybridized carbons (Fsp3) is 0.0263. The molecule has 1 radical (unpaired) electrons. The third kappa shape index (κ3) is 9.99. The van der Waals surface area contributed by atoms with Crippen LogP contribution < -0.4 is 55.3 Å². The van der Waals surface area contributed by atoms with Gasteiger partial charge in [-0.25, -0.2) is 8.42 Å². The Labute approximate surface area is 372 Å². The van der Waals surface area contributed by atoms with E-state index in [0.29, 0.717) is 33.3 Å². The van der Waals surface area contributed by atoms with Crippen LogP contribution in [0.4, 0.5) is 39.8 Å². The first-order valence-electron chi connectivity index (χ1n) is 16.4. The molecule has 0 aliphatic carbocycles. The molecule has 0 aromatic heterocycles. The van der Waals surface area contributed by atoms with E-state index in [1.165, 1.54) is 19.1 Å². The zero-order valence-electron chi connectivity index (χ0n) is 31.8. The molecule has 7 rings (SSSR count). The van der Waals surface area contributed by atoms with E-state index < -0.39 is 53.5 Å². The van der Waals surface area contributed by atoms with Gasteiger partial charge in [0.1, 0.15) is 10.1 Å². The van der Waals surface area contributed by atoms with Crippen molar-refractivity contribution in [3.63, 3.8) is 0 Å². The molecule has 0 fully saturated rings. The average molecular weight is 877 g/mol. The van der Waals surface area contributed by atoms with Crippen molar-refractivity contribution in [3.05, 3.63) is 129 Å². The van der Waals surface area contributed by atoms with E-state index in [-0.39, 0.29) is 93.5 Å². The van der Waals surface area contributed by atoms with Gasteiger partial charge >= 0.3 is 48.3 Å². The van der Waals surface area contributed by atoms with Crippen molar-refractivity contribution in [3.8, 4) is 23.0 Å². The van der Waals surface area contributed by atoms with Gasteiger partial charge in [0.25, 0.3) is 11.4 Å². The number of rotatable bonds is 8. The number of hydrogen-bond donors (Lipinski definition) is 1. The van der Waals surface area contributed by atoms with Gasteiger partial charge in [0.05, 0.1) is 43.2 Å². The minimum absolute atomic E-state index is 0. The summed E-state index contributed by atoms with van der Waals surface area (Å²) in [4.78, 5) is 31.0. The summed E-state index contributed by atoms with van der Waals surface area (Å²) in [6.45, 7) is 1.33. The van der Waals surface area contributed by atoms with Crippen LogP contribution in [0.3, 0.4) is 0 Å². The van der Waals surface area contributed by atoms with E-state index in [1.54, 1.807) is 54.6 Å². The maximum Gasteiger partial charge on any atom is 3.00 e. The largest absolute Gasteiger partial charge is 3.00 e. The van der Waals surface area contributed by atoms with Gasteiger partial charge in [-0.3, -0.25) is 25.0 Å². The normalized spacial score (nSPS) is 11.2. The number of anilines is 1. The van der Waals surface area contributed by atoms with Crippen LogP contribution in [-0.4, -0.2) is 28.7 Å². The van der Waals surface area contributed by atoms with E-state index in [9.17, 15) is 58.4 Å². The zero-order chi connectivity index (χ0) is 41.9. The van der Waals surface area contributed by atoms with Crippen LogP contribution in [0.25, 0.3) is 32.3 Å². The van der Waals surface area contributed by atoms with Gasteiger partial charge in [0.2, 0.25) is 5.91 Å². The number of carbonyl (C=O) groups excluding carboxylic acids is 1. The molecule has 0 aliphatic rings. The summed E-state index contributed by atoms with van der Waals surface area (Å²) < 4.78 is 34.8. The SMILES string of the molecule is CC(=O)Nc1cccc2ccc([O-])c(N=Nc3cc([N+](=O)[O-])ccc3[O-])c12.O=[N+]([O-])c1ccc2c(N=Nc3c([O-])ccc4ccccc34)c([O-])cc(S(=O)(=O)[O-])c2c1.[Cr+3].[H+].[Na+]. The smallest absolute Gasteiger partial charge is 0.871 e. The van der Waals surface area contributed by atoms with Crippen LogP contribution in [0, 0.1) is 20.2 Å². The van der Waals surface area contributed by atoms with Crippen LogP contribution in [0.1, 0.15) is 8.35 Å². The van der Waals surface area contributed by atoms with Crippen molar-refractivity contribution in [1.82, 2.24) is 0 Å². The molecule has 7 aromatic rings. The minimum atomic E-state index is -5.11. The molecule has 0 spiro atoms. The number of nitrogens with one attached hydrogen (secondary N) is 1. The quantitative estimate of drug-likeness (QED) is 0.0750. The zero-order valence-corrected chi connectivity index (χ0v) is 34.9. The van der Waals surface area contributed by atoms with E-state index >= 15 is 0 Å². The van der Waals surface area contributed by atoms with Crippen molar-refractivity contribution < 1.29 is 96.4 Å². The van der Waals surface area contributed by atoms with Gasteiger partial charge in [0, 0.05) is 52.7 Å². The number of benzene rings is 7. The molecule has 0 bridgehead atoms. The maximum atomic E-state index is 12.5. The Balaban J connectivity index is 0.000000313. The number of non-ortho nitro benzene ring substituents is 2. The molecule has 0 aliphatic heterocycles. The number of nitrogens with zero attached hydrogens (tertiary/aromatic N) is 6. The summed E-state index contributed by atoms with van der Waals surface area (Å²) in [6.07, 6.45) is 0. The summed E-state index contributed by atoms with van der Waals surface area (Å²) in [6, 6.07) is 24.3. The first-order chi connectivity index (χ1) is 27.5. The predicted octanol–water partition coefficient (Wildman–Crippen LogP) is 3.75. The fourth-order valence-corrected chi connectivity index (χ4v) is 6.43. The van der Waals surface area contributed by atoms with Gasteiger partial charge in [-0.15, -0.1) is 0 Å². The van der Waals surface area contributed by atoms with Crippen LogP contribution in [0.5, 0.6) is 23.0 Å². The van der Waals surface area contributed by atoms with Gasteiger partial charge in [-0.05, 0) is 29.0 Å². The second kappa shape index (κ2) is 19.0. The molecular weight excluding hydrogens is 854 g/mol. The van der Waals surface area contributed by atoms with Gasteiger partial charge in [0.15, 0.2) is 0 Å².